The van der Waals surface area contributed by atoms with Crippen LogP contribution in [-0.4, -0.2) is 34.7 Å². The normalized spacial score (nSPS) is 11.9. The topological polar surface area (TPSA) is 156 Å². The predicted molar refractivity (Wildman–Crippen MR) is 106 cm³/mol. The zero-order valence-corrected chi connectivity index (χ0v) is 16.1. The molecule has 0 aromatic heterocycles. The van der Waals surface area contributed by atoms with Crippen LogP contribution in [0.15, 0.2) is 75.3 Å². The number of benzene rings is 2. The lowest BCUT2D eigenvalue weighted by Gasteiger charge is -2.04. The number of aliphatic hydroxyl groups is 1. The number of hydrogen-bond acceptors (Lipinski definition) is 9. The number of carbonyl (C=O) groups excluding carboxylic acids is 2. The van der Waals surface area contributed by atoms with Crippen LogP contribution in [0.25, 0.3) is 0 Å². The van der Waals surface area contributed by atoms with E-state index in [4.69, 9.17) is 0 Å². The lowest BCUT2D eigenvalue weighted by molar-refractivity contribution is -0.384. The molecule has 0 aliphatic carbocycles. The third kappa shape index (κ3) is 6.81. The maximum Gasteiger partial charge on any atom is 0.376 e. The molecule has 0 saturated heterocycles. The Hall–Kier alpha value is -4.48. The average Bonchev–Trinajstić information content (AvgIpc) is 2.75. The number of nitrogens with one attached hydrogen (secondary N) is 1. The highest BCUT2D eigenvalue weighted by molar-refractivity contribution is 6.01. The summed E-state index contributed by atoms with van der Waals surface area (Å²) in [7, 11) is 0. The monoisotopic (exact) mass is 429 g/mol. The van der Waals surface area contributed by atoms with Gasteiger partial charge in [0.2, 0.25) is 11.5 Å². The number of aliphatic hydroxyl groups excluding tert-OH is 1. The van der Waals surface area contributed by atoms with E-state index < -0.39 is 34.1 Å². The van der Waals surface area contributed by atoms with Crippen molar-refractivity contribution < 1.29 is 28.7 Å². The number of azo groups is 1. The van der Waals surface area contributed by atoms with Gasteiger partial charge in [0.25, 0.3) is 11.6 Å². The number of amides is 1. The van der Waals surface area contributed by atoms with E-state index in [9.17, 15) is 29.2 Å². The molecule has 2 aromatic carbocycles. The molecule has 12 heteroatoms. The molecule has 2 N–H and O–H groups in total. The summed E-state index contributed by atoms with van der Waals surface area (Å²) < 4.78 is 17.6. The van der Waals surface area contributed by atoms with Gasteiger partial charge in [-0.1, -0.05) is 12.1 Å². The summed E-state index contributed by atoms with van der Waals surface area (Å²) in [5.74, 6) is -3.96. The Kier molecular flexibility index (Phi) is 8.02. The van der Waals surface area contributed by atoms with Gasteiger partial charge in [0.15, 0.2) is 0 Å². The highest BCUT2D eigenvalue weighted by Gasteiger charge is 2.22. The van der Waals surface area contributed by atoms with Gasteiger partial charge in [-0.25, -0.2) is 14.6 Å². The zero-order chi connectivity index (χ0) is 22.8. The van der Waals surface area contributed by atoms with Gasteiger partial charge < -0.3 is 9.84 Å². The number of nitrogens with zero attached hydrogens (tertiary/aromatic N) is 4. The van der Waals surface area contributed by atoms with Gasteiger partial charge in [-0.05, 0) is 31.2 Å². The van der Waals surface area contributed by atoms with Gasteiger partial charge in [-0.3, -0.25) is 14.9 Å². The number of non-ortho nitro benzene ring substituents is 1. The third-order valence-electron chi connectivity index (χ3n) is 3.46. The Balaban J connectivity index is 2.24. The maximum absolute atomic E-state index is 13.0. The van der Waals surface area contributed by atoms with Crippen molar-refractivity contribution in [2.75, 3.05) is 6.61 Å². The van der Waals surface area contributed by atoms with Crippen molar-refractivity contribution in [3.63, 3.8) is 0 Å². The highest BCUT2D eigenvalue weighted by atomic mass is 19.1. The van der Waals surface area contributed by atoms with Crippen LogP contribution >= 0.6 is 0 Å². The van der Waals surface area contributed by atoms with E-state index in [1.54, 1.807) is 0 Å². The second-order valence-electron chi connectivity index (χ2n) is 5.65. The number of halogens is 1. The molecule has 1 amide bonds. The predicted octanol–water partition coefficient (Wildman–Crippen LogP) is 3.30. The fourth-order valence-corrected chi connectivity index (χ4v) is 2.05. The van der Waals surface area contributed by atoms with Gasteiger partial charge >= 0.3 is 5.97 Å². The number of hydrogen-bond donors (Lipinski definition) is 2. The SMILES string of the molecule is CCOC(=O)C(O)=C(N=Nc1ccc(F)cc1)C(=O)NN=Cc1cccc([N+](=O)[O-])c1. The molecule has 2 aromatic rings. The van der Waals surface area contributed by atoms with Crippen molar-refractivity contribution in [1.82, 2.24) is 5.43 Å². The number of ether oxygens (including phenoxy) is 1. The van der Waals surface area contributed by atoms with Crippen molar-refractivity contribution in [2.24, 2.45) is 15.3 Å². The number of hydrazone groups is 1. The molecule has 0 heterocycles. The van der Waals surface area contributed by atoms with Crippen molar-refractivity contribution in [1.29, 1.82) is 0 Å². The summed E-state index contributed by atoms with van der Waals surface area (Å²) in [5, 5.41) is 31.7. The number of carbonyl (C=O) groups is 2. The Morgan fingerprint density at radius 2 is 1.97 bits per heavy atom. The van der Waals surface area contributed by atoms with Gasteiger partial charge in [-0.2, -0.15) is 10.2 Å². The number of esters is 1. The maximum atomic E-state index is 13.0. The molecule has 0 bridgehead atoms. The van der Waals surface area contributed by atoms with Gasteiger partial charge in [0.1, 0.15) is 5.82 Å². The van der Waals surface area contributed by atoms with E-state index in [-0.39, 0.29) is 18.0 Å². The molecule has 0 spiro atoms. The van der Waals surface area contributed by atoms with Crippen molar-refractivity contribution >= 4 is 29.5 Å². The van der Waals surface area contributed by atoms with Crippen LogP contribution in [0.3, 0.4) is 0 Å². The average molecular weight is 429 g/mol. The van der Waals surface area contributed by atoms with Crippen LogP contribution in [0.5, 0.6) is 0 Å². The molecule has 0 aliphatic heterocycles. The Bertz CT molecular complexity index is 1070. The Morgan fingerprint density at radius 1 is 1.26 bits per heavy atom. The first-order valence-electron chi connectivity index (χ1n) is 8.67. The largest absolute Gasteiger partial charge is 0.500 e. The van der Waals surface area contributed by atoms with Crippen LogP contribution in [0, 0.1) is 15.9 Å². The first-order valence-corrected chi connectivity index (χ1v) is 8.67. The minimum atomic E-state index is -1.21. The van der Waals surface area contributed by atoms with Gasteiger partial charge in [0, 0.05) is 17.7 Å². The Labute approximate surface area is 174 Å². The molecule has 0 unspecified atom stereocenters. The minimum Gasteiger partial charge on any atom is -0.500 e. The highest BCUT2D eigenvalue weighted by Crippen LogP contribution is 2.16. The van der Waals surface area contributed by atoms with Crippen LogP contribution in [0.1, 0.15) is 12.5 Å². The molecule has 0 atom stereocenters. The van der Waals surface area contributed by atoms with Crippen molar-refractivity contribution in [2.45, 2.75) is 6.92 Å². The third-order valence-corrected chi connectivity index (χ3v) is 3.46. The first-order chi connectivity index (χ1) is 14.8. The molecule has 0 radical (unpaired) electrons. The number of rotatable bonds is 8. The second kappa shape index (κ2) is 10.9. The van der Waals surface area contributed by atoms with Crippen LogP contribution < -0.4 is 5.43 Å². The standard InChI is InChI=1S/C19H16FN5O6/c1-2-31-19(28)17(26)16(23-22-14-8-6-13(20)7-9-14)18(27)24-21-11-12-4-3-5-15(10-12)25(29)30/h3-11,26H,2H2,1H3,(H,24,27). The molecule has 11 nitrogen and oxygen atoms in total. The first kappa shape index (κ1) is 22.8. The molecule has 0 saturated carbocycles. The fourth-order valence-electron chi connectivity index (χ4n) is 2.05. The Morgan fingerprint density at radius 3 is 2.61 bits per heavy atom. The van der Waals surface area contributed by atoms with Crippen molar-refractivity contribution in [3.8, 4) is 0 Å². The molecule has 160 valence electrons. The van der Waals surface area contributed by atoms with Gasteiger partial charge in [-0.15, -0.1) is 5.11 Å². The molecule has 0 fully saturated rings. The van der Waals surface area contributed by atoms with Crippen LogP contribution in [0.4, 0.5) is 15.8 Å². The molecule has 31 heavy (non-hydrogen) atoms. The van der Waals surface area contributed by atoms with E-state index in [1.165, 1.54) is 43.3 Å². The molecule has 0 aliphatic rings. The molecule has 2 rings (SSSR count). The van der Waals surface area contributed by atoms with Gasteiger partial charge in [0.05, 0.1) is 23.4 Å². The summed E-state index contributed by atoms with van der Waals surface area (Å²) >= 11 is 0. The molecular weight excluding hydrogens is 413 g/mol. The number of nitro benzene ring substituents is 1. The van der Waals surface area contributed by atoms with E-state index in [2.05, 4.69) is 20.1 Å². The van der Waals surface area contributed by atoms with Crippen LogP contribution in [-0.2, 0) is 14.3 Å². The zero-order valence-electron chi connectivity index (χ0n) is 16.1. The van der Waals surface area contributed by atoms with E-state index in [0.29, 0.717) is 5.56 Å². The summed E-state index contributed by atoms with van der Waals surface area (Å²) in [4.78, 5) is 34.3. The summed E-state index contributed by atoms with van der Waals surface area (Å²) in [6.45, 7) is 1.42. The summed E-state index contributed by atoms with van der Waals surface area (Å²) in [6.07, 6.45) is 1.11. The quantitative estimate of drug-likeness (QED) is 0.125. The lowest BCUT2D eigenvalue weighted by Crippen LogP contribution is -2.22. The van der Waals surface area contributed by atoms with E-state index in [1.807, 2.05) is 5.43 Å². The lowest BCUT2D eigenvalue weighted by atomic mass is 10.2. The van der Waals surface area contributed by atoms with E-state index >= 15 is 0 Å². The second-order valence-corrected chi connectivity index (χ2v) is 5.65. The summed E-state index contributed by atoms with van der Waals surface area (Å²) in [6, 6.07) is 10.2. The number of nitro groups is 1. The fraction of sp³-hybridized carbons (Fsp3) is 0.105. The smallest absolute Gasteiger partial charge is 0.376 e. The molecular formula is C19H16FN5O6. The summed E-state index contributed by atoms with van der Waals surface area (Å²) in [5.41, 5.74) is 1.49. The van der Waals surface area contributed by atoms with Crippen molar-refractivity contribution in [3.05, 3.63) is 81.5 Å². The van der Waals surface area contributed by atoms with E-state index in [0.717, 1.165) is 18.3 Å². The minimum absolute atomic E-state index is 0.0716. The van der Waals surface area contributed by atoms with Crippen LogP contribution in [0.2, 0.25) is 0 Å².